The molecule has 6 heteroatoms. The molecule has 2 N–H and O–H groups in total. The molecule has 4 nitrogen and oxygen atoms in total. The van der Waals surface area contributed by atoms with Gasteiger partial charge in [0, 0.05) is 5.41 Å². The number of aliphatic carboxylic acids is 1. The second-order valence-corrected chi connectivity index (χ2v) is 4.55. The molecule has 1 aromatic rings. The lowest BCUT2D eigenvalue weighted by atomic mass is 9.81. The molecular formula is C12H12F2O4. The normalized spacial score (nSPS) is 11.3. The molecule has 0 saturated heterocycles. The largest absolute Gasteiger partial charge is 0.481 e. The Morgan fingerprint density at radius 1 is 1.17 bits per heavy atom. The van der Waals surface area contributed by atoms with Gasteiger partial charge in [0.1, 0.15) is 0 Å². The van der Waals surface area contributed by atoms with Gasteiger partial charge >= 0.3 is 11.9 Å². The minimum atomic E-state index is -1.58. The van der Waals surface area contributed by atoms with Crippen LogP contribution in [0.15, 0.2) is 12.1 Å². The predicted octanol–water partition coefficient (Wildman–Crippen LogP) is 2.42. The van der Waals surface area contributed by atoms with Crippen molar-refractivity contribution in [2.24, 2.45) is 0 Å². The molecule has 18 heavy (non-hydrogen) atoms. The van der Waals surface area contributed by atoms with Gasteiger partial charge in [-0.05, 0) is 11.6 Å². The van der Waals surface area contributed by atoms with Crippen molar-refractivity contribution in [1.82, 2.24) is 0 Å². The first-order valence-corrected chi connectivity index (χ1v) is 5.10. The van der Waals surface area contributed by atoms with Crippen molar-refractivity contribution in [2.45, 2.75) is 25.7 Å². The number of rotatable bonds is 4. The molecule has 0 heterocycles. The van der Waals surface area contributed by atoms with Gasteiger partial charge in [-0.15, -0.1) is 0 Å². The average molecular weight is 258 g/mol. The Morgan fingerprint density at radius 2 is 1.72 bits per heavy atom. The monoisotopic (exact) mass is 258 g/mol. The maximum atomic E-state index is 13.7. The fourth-order valence-electron chi connectivity index (χ4n) is 1.71. The summed E-state index contributed by atoms with van der Waals surface area (Å²) in [6.07, 6.45) is -0.393. The third-order valence-electron chi connectivity index (χ3n) is 2.64. The minimum Gasteiger partial charge on any atom is -0.481 e. The summed E-state index contributed by atoms with van der Waals surface area (Å²) in [6.45, 7) is 2.89. The van der Waals surface area contributed by atoms with E-state index in [0.29, 0.717) is 0 Å². The molecule has 1 aromatic carbocycles. The zero-order chi connectivity index (χ0) is 14.1. The van der Waals surface area contributed by atoms with E-state index in [2.05, 4.69) is 0 Å². The predicted molar refractivity (Wildman–Crippen MR) is 58.6 cm³/mol. The van der Waals surface area contributed by atoms with Crippen LogP contribution in [0.1, 0.15) is 36.2 Å². The summed E-state index contributed by atoms with van der Waals surface area (Å²) >= 11 is 0. The first-order chi connectivity index (χ1) is 8.16. The van der Waals surface area contributed by atoms with Gasteiger partial charge < -0.3 is 10.2 Å². The molecule has 0 spiro atoms. The minimum absolute atomic E-state index is 0.160. The van der Waals surface area contributed by atoms with Crippen molar-refractivity contribution in [3.63, 3.8) is 0 Å². The van der Waals surface area contributed by atoms with Crippen molar-refractivity contribution >= 4 is 11.9 Å². The van der Waals surface area contributed by atoms with Crippen LogP contribution >= 0.6 is 0 Å². The molecule has 0 saturated carbocycles. The van der Waals surface area contributed by atoms with Gasteiger partial charge in [0.2, 0.25) is 0 Å². The lowest BCUT2D eigenvalue weighted by molar-refractivity contribution is -0.138. The van der Waals surface area contributed by atoms with Crippen LogP contribution in [0.5, 0.6) is 0 Å². The molecular weight excluding hydrogens is 246 g/mol. The van der Waals surface area contributed by atoms with E-state index in [1.165, 1.54) is 13.8 Å². The van der Waals surface area contributed by atoms with Crippen LogP contribution in [0, 0.1) is 11.6 Å². The van der Waals surface area contributed by atoms with Crippen LogP contribution in [-0.4, -0.2) is 22.2 Å². The van der Waals surface area contributed by atoms with Crippen molar-refractivity contribution in [3.05, 3.63) is 34.9 Å². The molecule has 0 aliphatic carbocycles. The summed E-state index contributed by atoms with van der Waals surface area (Å²) in [6, 6.07) is 2.03. The van der Waals surface area contributed by atoms with Crippen LogP contribution in [0.4, 0.5) is 8.78 Å². The zero-order valence-corrected chi connectivity index (χ0v) is 9.83. The number of hydrogen-bond donors (Lipinski definition) is 2. The number of halogens is 2. The van der Waals surface area contributed by atoms with Crippen molar-refractivity contribution in [3.8, 4) is 0 Å². The van der Waals surface area contributed by atoms with Crippen LogP contribution in [0.25, 0.3) is 0 Å². The fourth-order valence-corrected chi connectivity index (χ4v) is 1.71. The van der Waals surface area contributed by atoms with Gasteiger partial charge in [-0.2, -0.15) is 0 Å². The van der Waals surface area contributed by atoms with Gasteiger partial charge in [0.25, 0.3) is 0 Å². The van der Waals surface area contributed by atoms with Gasteiger partial charge in [-0.25, -0.2) is 13.6 Å². The highest BCUT2D eigenvalue weighted by Crippen LogP contribution is 2.31. The maximum Gasteiger partial charge on any atom is 0.338 e. The summed E-state index contributed by atoms with van der Waals surface area (Å²) in [5.74, 6) is -5.52. The standard InChI is InChI=1S/C12H12F2O4/c1-12(2,5-8(15)16)7-4-3-6(11(17)18)9(13)10(7)14/h3-4H,5H2,1-2H3,(H,15,16)(H,17,18). The lowest BCUT2D eigenvalue weighted by Gasteiger charge is -2.24. The molecule has 0 fully saturated rings. The van der Waals surface area contributed by atoms with E-state index in [-0.39, 0.29) is 5.56 Å². The summed E-state index contributed by atoms with van der Waals surface area (Å²) in [5.41, 5.74) is -2.07. The van der Waals surface area contributed by atoms with Gasteiger partial charge in [0.15, 0.2) is 11.6 Å². The molecule has 0 aliphatic rings. The molecule has 0 radical (unpaired) electrons. The highest BCUT2D eigenvalue weighted by Gasteiger charge is 2.30. The van der Waals surface area contributed by atoms with Crippen molar-refractivity contribution in [1.29, 1.82) is 0 Å². The summed E-state index contributed by atoms with van der Waals surface area (Å²) < 4.78 is 27.2. The van der Waals surface area contributed by atoms with E-state index in [4.69, 9.17) is 10.2 Å². The van der Waals surface area contributed by atoms with Crippen LogP contribution in [0.2, 0.25) is 0 Å². The van der Waals surface area contributed by atoms with E-state index < -0.39 is 41.0 Å². The number of carboxylic acid groups (broad SMARTS) is 2. The third-order valence-corrected chi connectivity index (χ3v) is 2.64. The van der Waals surface area contributed by atoms with E-state index in [1.54, 1.807) is 0 Å². The highest BCUT2D eigenvalue weighted by molar-refractivity contribution is 5.88. The number of carbonyl (C=O) groups is 2. The number of aromatic carboxylic acids is 1. The Bertz CT molecular complexity index is 509. The third kappa shape index (κ3) is 2.64. The lowest BCUT2D eigenvalue weighted by Crippen LogP contribution is -2.24. The van der Waals surface area contributed by atoms with Gasteiger partial charge in [-0.1, -0.05) is 19.9 Å². The number of benzene rings is 1. The van der Waals surface area contributed by atoms with E-state index >= 15 is 0 Å². The summed E-state index contributed by atoms with van der Waals surface area (Å²) in [5, 5.41) is 17.3. The van der Waals surface area contributed by atoms with Gasteiger partial charge in [-0.3, -0.25) is 4.79 Å². The average Bonchev–Trinajstić information content (AvgIpc) is 2.18. The van der Waals surface area contributed by atoms with E-state index in [1.807, 2.05) is 0 Å². The van der Waals surface area contributed by atoms with Crippen LogP contribution in [0.3, 0.4) is 0 Å². The van der Waals surface area contributed by atoms with Crippen LogP contribution in [-0.2, 0) is 10.2 Å². The molecule has 98 valence electrons. The van der Waals surface area contributed by atoms with Crippen molar-refractivity contribution < 1.29 is 28.6 Å². The Balaban J connectivity index is 3.32. The smallest absolute Gasteiger partial charge is 0.338 e. The molecule has 0 bridgehead atoms. The maximum absolute atomic E-state index is 13.7. The van der Waals surface area contributed by atoms with Gasteiger partial charge in [0.05, 0.1) is 12.0 Å². The molecule has 1 rings (SSSR count). The zero-order valence-electron chi connectivity index (χ0n) is 9.83. The Labute approximate surface area is 102 Å². The SMILES string of the molecule is CC(C)(CC(=O)O)c1ccc(C(=O)O)c(F)c1F. The Hall–Kier alpha value is -1.98. The van der Waals surface area contributed by atoms with Crippen LogP contribution < -0.4 is 0 Å². The van der Waals surface area contributed by atoms with E-state index in [9.17, 15) is 18.4 Å². The first-order valence-electron chi connectivity index (χ1n) is 5.10. The molecule has 0 amide bonds. The molecule has 0 aliphatic heterocycles. The quantitative estimate of drug-likeness (QED) is 0.869. The molecule has 0 aromatic heterocycles. The topological polar surface area (TPSA) is 74.6 Å². The first kappa shape index (κ1) is 14.1. The summed E-state index contributed by atoms with van der Waals surface area (Å²) in [4.78, 5) is 21.3. The number of hydrogen-bond acceptors (Lipinski definition) is 2. The Morgan fingerprint density at radius 3 is 2.17 bits per heavy atom. The summed E-state index contributed by atoms with van der Waals surface area (Å²) in [7, 11) is 0. The highest BCUT2D eigenvalue weighted by atomic mass is 19.2. The fraction of sp³-hybridized carbons (Fsp3) is 0.333. The number of carboxylic acids is 2. The van der Waals surface area contributed by atoms with E-state index in [0.717, 1.165) is 12.1 Å². The second kappa shape index (κ2) is 4.72. The van der Waals surface area contributed by atoms with Crippen molar-refractivity contribution in [2.75, 3.05) is 0 Å². The second-order valence-electron chi connectivity index (χ2n) is 4.55. The Kier molecular flexibility index (Phi) is 3.69. The molecule has 0 unspecified atom stereocenters. The molecule has 0 atom stereocenters.